The van der Waals surface area contributed by atoms with E-state index in [-0.39, 0.29) is 5.41 Å². The molecule has 1 aromatic carbocycles. The summed E-state index contributed by atoms with van der Waals surface area (Å²) in [4.78, 5) is 19.2. The van der Waals surface area contributed by atoms with Crippen LogP contribution in [-0.2, 0) is 10.2 Å². The SMILES string of the molecule is CC(C)(C)c1cc(NC(=O)Nc2ccc(-c3cc4ncc(OCCCN5CCOCC5)cn4n3)cc2)no1. The first-order valence-corrected chi connectivity index (χ1v) is 12.8. The number of nitrogens with zero attached hydrogens (tertiary/aromatic N) is 5. The molecule has 2 amide bonds. The lowest BCUT2D eigenvalue weighted by Crippen LogP contribution is -2.37. The quantitative estimate of drug-likeness (QED) is 0.328. The maximum absolute atomic E-state index is 12.4. The molecule has 0 unspecified atom stereocenters. The normalized spacial score (nSPS) is 14.5. The van der Waals surface area contributed by atoms with Gasteiger partial charge in [-0.1, -0.05) is 38.1 Å². The van der Waals surface area contributed by atoms with Gasteiger partial charge in [0.1, 0.15) is 5.76 Å². The van der Waals surface area contributed by atoms with Gasteiger partial charge in [0.05, 0.1) is 37.9 Å². The van der Waals surface area contributed by atoms with Gasteiger partial charge < -0.3 is 19.3 Å². The van der Waals surface area contributed by atoms with Crippen LogP contribution in [0.3, 0.4) is 0 Å². The van der Waals surface area contributed by atoms with E-state index in [1.807, 2.05) is 57.3 Å². The lowest BCUT2D eigenvalue weighted by molar-refractivity contribution is 0.0358. The molecule has 2 N–H and O–H groups in total. The smallest absolute Gasteiger partial charge is 0.324 e. The molecular formula is C27H33N7O4. The van der Waals surface area contributed by atoms with Crippen LogP contribution in [-0.4, -0.2) is 70.1 Å². The van der Waals surface area contributed by atoms with Gasteiger partial charge in [0.2, 0.25) is 0 Å². The van der Waals surface area contributed by atoms with Crippen LogP contribution in [0.2, 0.25) is 0 Å². The maximum Gasteiger partial charge on any atom is 0.324 e. The van der Waals surface area contributed by atoms with Crippen LogP contribution < -0.4 is 15.4 Å². The topological polar surface area (TPSA) is 119 Å². The molecule has 0 bridgehead atoms. The van der Waals surface area contributed by atoms with Crippen LogP contribution in [0.1, 0.15) is 33.0 Å². The molecule has 4 heterocycles. The van der Waals surface area contributed by atoms with E-state index >= 15 is 0 Å². The van der Waals surface area contributed by atoms with Crippen LogP contribution in [0.4, 0.5) is 16.3 Å². The number of morpholine rings is 1. The molecule has 0 saturated carbocycles. The molecule has 11 nitrogen and oxygen atoms in total. The molecule has 1 aliphatic heterocycles. The summed E-state index contributed by atoms with van der Waals surface area (Å²) in [6.07, 6.45) is 4.51. The highest BCUT2D eigenvalue weighted by atomic mass is 16.5. The minimum atomic E-state index is -0.402. The molecule has 1 aliphatic rings. The molecule has 200 valence electrons. The standard InChI is InChI=1S/C27H33N7O4/c1-27(2,3)23-16-24(32-38-23)30-26(35)29-20-7-5-19(6-8-20)22-15-25-28-17-21(18-34(25)31-22)37-12-4-9-33-10-13-36-14-11-33/h5-8,15-18H,4,9-14H2,1-3H3,(H2,29,30,32,35). The molecule has 38 heavy (non-hydrogen) atoms. The molecule has 0 radical (unpaired) electrons. The number of nitrogens with one attached hydrogen (secondary N) is 2. The maximum atomic E-state index is 12.4. The van der Waals surface area contributed by atoms with Gasteiger partial charge in [0, 0.05) is 48.4 Å². The zero-order valence-electron chi connectivity index (χ0n) is 21.9. The van der Waals surface area contributed by atoms with E-state index < -0.39 is 6.03 Å². The van der Waals surface area contributed by atoms with E-state index in [1.54, 1.807) is 16.8 Å². The van der Waals surface area contributed by atoms with E-state index in [2.05, 4.69) is 30.8 Å². The first kappa shape index (κ1) is 25.7. The molecule has 11 heteroatoms. The van der Waals surface area contributed by atoms with Crippen LogP contribution in [0.5, 0.6) is 5.75 Å². The van der Waals surface area contributed by atoms with Crippen molar-refractivity contribution in [2.45, 2.75) is 32.6 Å². The first-order valence-electron chi connectivity index (χ1n) is 12.8. The number of rotatable bonds is 8. The number of hydrogen-bond donors (Lipinski definition) is 2. The molecule has 3 aromatic heterocycles. The molecule has 0 atom stereocenters. The average molecular weight is 520 g/mol. The lowest BCUT2D eigenvalue weighted by atomic mass is 9.93. The Labute approximate surface area is 221 Å². The van der Waals surface area contributed by atoms with E-state index in [0.717, 1.165) is 56.2 Å². The van der Waals surface area contributed by atoms with Crippen molar-refractivity contribution >= 4 is 23.2 Å². The highest BCUT2D eigenvalue weighted by molar-refractivity contribution is 5.99. The number of hydrogen-bond acceptors (Lipinski definition) is 8. The van der Waals surface area contributed by atoms with Crippen molar-refractivity contribution in [2.24, 2.45) is 0 Å². The van der Waals surface area contributed by atoms with Gasteiger partial charge in [-0.05, 0) is 18.6 Å². The summed E-state index contributed by atoms with van der Waals surface area (Å²) in [7, 11) is 0. The van der Waals surface area contributed by atoms with Crippen LogP contribution in [0.15, 0.2) is 53.3 Å². The Balaban J connectivity index is 1.15. The number of urea groups is 1. The summed E-state index contributed by atoms with van der Waals surface area (Å²) < 4.78 is 18.3. The fourth-order valence-electron chi connectivity index (χ4n) is 4.07. The third-order valence-corrected chi connectivity index (χ3v) is 6.21. The van der Waals surface area contributed by atoms with Gasteiger partial charge in [0.15, 0.2) is 17.2 Å². The third-order valence-electron chi connectivity index (χ3n) is 6.21. The number of benzene rings is 1. The Bertz CT molecular complexity index is 1370. The summed E-state index contributed by atoms with van der Waals surface area (Å²) in [6.45, 7) is 11.2. The van der Waals surface area contributed by atoms with E-state index in [0.29, 0.717) is 29.6 Å². The number of carbonyl (C=O) groups excluding carboxylic acids is 1. The Morgan fingerprint density at radius 1 is 1.11 bits per heavy atom. The molecular weight excluding hydrogens is 486 g/mol. The minimum Gasteiger partial charge on any atom is -0.490 e. The van der Waals surface area contributed by atoms with Gasteiger partial charge in [-0.2, -0.15) is 5.10 Å². The summed E-state index contributed by atoms with van der Waals surface area (Å²) in [5.41, 5.74) is 2.85. The Kier molecular flexibility index (Phi) is 7.57. The lowest BCUT2D eigenvalue weighted by Gasteiger charge is -2.26. The molecule has 5 rings (SSSR count). The third kappa shape index (κ3) is 6.48. The van der Waals surface area contributed by atoms with E-state index in [1.165, 1.54) is 0 Å². The second kappa shape index (κ2) is 11.2. The van der Waals surface area contributed by atoms with Crippen molar-refractivity contribution in [3.63, 3.8) is 0 Å². The number of ether oxygens (including phenoxy) is 2. The van der Waals surface area contributed by atoms with E-state index in [4.69, 9.17) is 14.0 Å². The highest BCUT2D eigenvalue weighted by Crippen LogP contribution is 2.25. The van der Waals surface area contributed by atoms with E-state index in [9.17, 15) is 4.79 Å². The van der Waals surface area contributed by atoms with Crippen LogP contribution >= 0.6 is 0 Å². The molecule has 4 aromatic rings. The Morgan fingerprint density at radius 3 is 2.63 bits per heavy atom. The fraction of sp³-hybridized carbons (Fsp3) is 0.407. The minimum absolute atomic E-state index is 0.190. The zero-order valence-corrected chi connectivity index (χ0v) is 21.9. The molecule has 1 saturated heterocycles. The monoisotopic (exact) mass is 519 g/mol. The number of aromatic nitrogens is 4. The fourth-order valence-corrected chi connectivity index (χ4v) is 4.07. The molecule has 1 fully saturated rings. The van der Waals surface area contributed by atoms with Crippen molar-refractivity contribution in [1.82, 2.24) is 24.7 Å². The van der Waals surface area contributed by atoms with Crippen LogP contribution in [0, 0.1) is 0 Å². The Hall–Kier alpha value is -3.96. The van der Waals surface area contributed by atoms with Crippen molar-refractivity contribution in [3.05, 3.63) is 54.6 Å². The van der Waals surface area contributed by atoms with Crippen molar-refractivity contribution in [1.29, 1.82) is 0 Å². The largest absolute Gasteiger partial charge is 0.490 e. The predicted octanol–water partition coefficient (Wildman–Crippen LogP) is 4.43. The summed E-state index contributed by atoms with van der Waals surface area (Å²) in [5, 5.41) is 14.0. The zero-order chi connectivity index (χ0) is 26.5. The number of anilines is 2. The Morgan fingerprint density at radius 2 is 1.89 bits per heavy atom. The van der Waals surface area contributed by atoms with Gasteiger partial charge >= 0.3 is 6.03 Å². The van der Waals surface area contributed by atoms with Gasteiger partial charge in [-0.15, -0.1) is 0 Å². The van der Waals surface area contributed by atoms with Gasteiger partial charge in [0.25, 0.3) is 0 Å². The molecule has 0 spiro atoms. The first-order chi connectivity index (χ1) is 18.3. The average Bonchev–Trinajstić information content (AvgIpc) is 3.55. The van der Waals surface area contributed by atoms with Crippen molar-refractivity contribution in [3.8, 4) is 17.0 Å². The summed E-state index contributed by atoms with van der Waals surface area (Å²) >= 11 is 0. The number of carbonyl (C=O) groups is 1. The van der Waals surface area contributed by atoms with Gasteiger partial charge in [-0.25, -0.2) is 14.3 Å². The molecule has 0 aliphatic carbocycles. The summed E-state index contributed by atoms with van der Waals surface area (Å²) in [5.74, 6) is 1.74. The second-order valence-corrected chi connectivity index (χ2v) is 10.3. The number of amides is 2. The number of fused-ring (bicyclic) bond motifs is 1. The van der Waals surface area contributed by atoms with Crippen LogP contribution in [0.25, 0.3) is 16.9 Å². The van der Waals surface area contributed by atoms with Crippen molar-refractivity contribution < 1.29 is 18.8 Å². The predicted molar refractivity (Wildman–Crippen MR) is 144 cm³/mol. The van der Waals surface area contributed by atoms with Crippen molar-refractivity contribution in [2.75, 3.05) is 50.1 Å². The van der Waals surface area contributed by atoms with Gasteiger partial charge in [-0.3, -0.25) is 10.2 Å². The second-order valence-electron chi connectivity index (χ2n) is 10.3. The summed E-state index contributed by atoms with van der Waals surface area (Å²) in [6, 6.07) is 10.7. The highest BCUT2D eigenvalue weighted by Gasteiger charge is 2.20.